The Labute approximate surface area is 208 Å². The third kappa shape index (κ3) is 7.02. The molecule has 0 spiro atoms. The SMILES string of the molecule is CCOC(=O)C(=O)c1ccc(OCc2ccccc2COc2ccc(C(=O)C(=O)OCC)cc2)cc1. The summed E-state index contributed by atoms with van der Waals surface area (Å²) in [6.45, 7) is 4.06. The summed E-state index contributed by atoms with van der Waals surface area (Å²) in [7, 11) is 0. The average molecular weight is 491 g/mol. The van der Waals surface area contributed by atoms with Gasteiger partial charge in [-0.2, -0.15) is 0 Å². The number of Topliss-reactive ketones (excluding diaryl/α,β-unsaturated/α-hetero) is 2. The Morgan fingerprint density at radius 1 is 0.556 bits per heavy atom. The second-order valence-corrected chi connectivity index (χ2v) is 7.49. The molecule has 0 aliphatic heterocycles. The van der Waals surface area contributed by atoms with Crippen molar-refractivity contribution in [2.24, 2.45) is 0 Å². The minimum Gasteiger partial charge on any atom is -0.489 e. The van der Waals surface area contributed by atoms with Gasteiger partial charge in [0, 0.05) is 11.1 Å². The maximum Gasteiger partial charge on any atom is 0.379 e. The van der Waals surface area contributed by atoms with Crippen molar-refractivity contribution in [3.8, 4) is 11.5 Å². The zero-order valence-corrected chi connectivity index (χ0v) is 20.0. The van der Waals surface area contributed by atoms with E-state index in [1.54, 1.807) is 38.1 Å². The topological polar surface area (TPSA) is 105 Å². The number of ether oxygens (including phenoxy) is 4. The summed E-state index contributed by atoms with van der Waals surface area (Å²) < 4.78 is 21.2. The molecule has 8 heteroatoms. The van der Waals surface area contributed by atoms with Crippen LogP contribution in [0.15, 0.2) is 72.8 Å². The second-order valence-electron chi connectivity index (χ2n) is 7.49. The molecule has 0 aliphatic carbocycles. The Balaban J connectivity index is 1.58. The van der Waals surface area contributed by atoms with E-state index in [0.29, 0.717) is 11.5 Å². The Hall–Kier alpha value is -4.46. The monoisotopic (exact) mass is 490 g/mol. The number of carbonyl (C=O) groups excluding carboxylic acids is 4. The van der Waals surface area contributed by atoms with E-state index in [1.165, 1.54) is 24.3 Å². The van der Waals surface area contributed by atoms with Crippen LogP contribution in [-0.4, -0.2) is 36.7 Å². The maximum absolute atomic E-state index is 12.0. The summed E-state index contributed by atoms with van der Waals surface area (Å²) in [5.41, 5.74) is 2.26. The quantitative estimate of drug-likeness (QED) is 0.210. The van der Waals surface area contributed by atoms with Crippen molar-refractivity contribution >= 4 is 23.5 Å². The lowest BCUT2D eigenvalue weighted by molar-refractivity contribution is -0.138. The molecule has 0 saturated heterocycles. The molecule has 0 amide bonds. The smallest absolute Gasteiger partial charge is 0.379 e. The van der Waals surface area contributed by atoms with Gasteiger partial charge in [-0.25, -0.2) is 9.59 Å². The average Bonchev–Trinajstić information content (AvgIpc) is 2.91. The summed E-state index contributed by atoms with van der Waals surface area (Å²) in [6.07, 6.45) is 0. The van der Waals surface area contributed by atoms with E-state index in [9.17, 15) is 19.2 Å². The first-order valence-electron chi connectivity index (χ1n) is 11.4. The number of hydrogen-bond acceptors (Lipinski definition) is 8. The van der Waals surface area contributed by atoms with Crippen molar-refractivity contribution < 1.29 is 38.1 Å². The van der Waals surface area contributed by atoms with E-state index in [-0.39, 0.29) is 37.6 Å². The fraction of sp³-hybridized carbons (Fsp3) is 0.214. The molecule has 8 nitrogen and oxygen atoms in total. The van der Waals surface area contributed by atoms with E-state index in [2.05, 4.69) is 0 Å². The number of rotatable bonds is 12. The number of carbonyl (C=O) groups is 4. The highest BCUT2D eigenvalue weighted by atomic mass is 16.5. The molecule has 0 N–H and O–H groups in total. The van der Waals surface area contributed by atoms with Crippen LogP contribution in [0.2, 0.25) is 0 Å². The third-order valence-electron chi connectivity index (χ3n) is 5.06. The normalized spacial score (nSPS) is 10.3. The van der Waals surface area contributed by atoms with Gasteiger partial charge in [0.2, 0.25) is 0 Å². The molecular formula is C28H26O8. The molecule has 0 saturated carbocycles. The predicted molar refractivity (Wildman–Crippen MR) is 130 cm³/mol. The van der Waals surface area contributed by atoms with E-state index < -0.39 is 23.5 Å². The zero-order chi connectivity index (χ0) is 25.9. The van der Waals surface area contributed by atoms with Crippen LogP contribution in [0.4, 0.5) is 0 Å². The molecule has 3 aromatic carbocycles. The van der Waals surface area contributed by atoms with Crippen molar-refractivity contribution in [2.45, 2.75) is 27.1 Å². The largest absolute Gasteiger partial charge is 0.489 e. The predicted octanol–water partition coefficient (Wildman–Crippen LogP) is 4.34. The van der Waals surface area contributed by atoms with Crippen LogP contribution in [0.1, 0.15) is 45.7 Å². The molecule has 3 aromatic rings. The highest BCUT2D eigenvalue weighted by Gasteiger charge is 2.18. The van der Waals surface area contributed by atoms with Crippen LogP contribution < -0.4 is 9.47 Å². The first-order chi connectivity index (χ1) is 17.4. The first kappa shape index (κ1) is 26.2. The molecule has 0 aromatic heterocycles. The molecule has 36 heavy (non-hydrogen) atoms. The molecule has 0 heterocycles. The number of esters is 2. The summed E-state index contributed by atoms with van der Waals surface area (Å²) >= 11 is 0. The van der Waals surface area contributed by atoms with Crippen LogP contribution in [0.5, 0.6) is 11.5 Å². The van der Waals surface area contributed by atoms with Gasteiger partial charge in [0.15, 0.2) is 0 Å². The van der Waals surface area contributed by atoms with Crippen LogP contribution in [0.3, 0.4) is 0 Å². The number of hydrogen-bond donors (Lipinski definition) is 0. The van der Waals surface area contributed by atoms with E-state index >= 15 is 0 Å². The van der Waals surface area contributed by atoms with Gasteiger partial charge in [-0.15, -0.1) is 0 Å². The van der Waals surface area contributed by atoms with Gasteiger partial charge >= 0.3 is 11.9 Å². The highest BCUT2D eigenvalue weighted by Crippen LogP contribution is 2.19. The fourth-order valence-electron chi connectivity index (χ4n) is 3.20. The second kappa shape index (κ2) is 12.9. The van der Waals surface area contributed by atoms with E-state index in [0.717, 1.165) is 11.1 Å². The number of benzene rings is 3. The number of ketones is 2. The van der Waals surface area contributed by atoms with Crippen LogP contribution in [0, 0.1) is 0 Å². The molecule has 0 aliphatic rings. The molecule has 0 radical (unpaired) electrons. The first-order valence-corrected chi connectivity index (χ1v) is 11.4. The molecular weight excluding hydrogens is 464 g/mol. The van der Waals surface area contributed by atoms with Gasteiger partial charge in [-0.1, -0.05) is 24.3 Å². The minimum absolute atomic E-state index is 0.134. The molecule has 186 valence electrons. The minimum atomic E-state index is -0.889. The van der Waals surface area contributed by atoms with E-state index in [4.69, 9.17) is 18.9 Å². The standard InChI is InChI=1S/C28H26O8/c1-3-33-27(31)25(29)19-9-13-23(14-10-19)35-17-21-7-5-6-8-22(21)18-36-24-15-11-20(12-16-24)26(30)28(32)34-4-2/h5-16H,3-4,17-18H2,1-2H3. The summed E-state index contributed by atoms with van der Waals surface area (Å²) in [4.78, 5) is 47.2. The van der Waals surface area contributed by atoms with Crippen molar-refractivity contribution in [1.82, 2.24) is 0 Å². The van der Waals surface area contributed by atoms with Crippen LogP contribution in [0.25, 0.3) is 0 Å². The summed E-state index contributed by atoms with van der Waals surface area (Å²) in [5.74, 6) is -2.12. The molecule has 3 rings (SSSR count). The van der Waals surface area contributed by atoms with Crippen LogP contribution >= 0.6 is 0 Å². The Morgan fingerprint density at radius 3 is 1.25 bits per heavy atom. The van der Waals surface area contributed by atoms with Gasteiger partial charge in [0.25, 0.3) is 11.6 Å². The summed E-state index contributed by atoms with van der Waals surface area (Å²) in [5, 5.41) is 0. The molecule has 0 unspecified atom stereocenters. The maximum atomic E-state index is 12.0. The third-order valence-corrected chi connectivity index (χ3v) is 5.06. The molecule has 0 atom stereocenters. The zero-order valence-electron chi connectivity index (χ0n) is 20.0. The van der Waals surface area contributed by atoms with Gasteiger partial charge in [0.1, 0.15) is 24.7 Å². The van der Waals surface area contributed by atoms with E-state index in [1.807, 2.05) is 24.3 Å². The van der Waals surface area contributed by atoms with Gasteiger partial charge < -0.3 is 18.9 Å². The lowest BCUT2D eigenvalue weighted by atomic mass is 10.1. The summed E-state index contributed by atoms with van der Waals surface area (Å²) in [6, 6.07) is 20.1. The highest BCUT2D eigenvalue weighted by molar-refractivity contribution is 6.41. The van der Waals surface area contributed by atoms with Gasteiger partial charge in [-0.05, 0) is 73.5 Å². The lowest BCUT2D eigenvalue weighted by Crippen LogP contribution is -2.17. The molecule has 0 fully saturated rings. The Kier molecular flexibility index (Phi) is 9.33. The lowest BCUT2D eigenvalue weighted by Gasteiger charge is -2.13. The Bertz CT molecular complexity index is 1120. The van der Waals surface area contributed by atoms with Crippen molar-refractivity contribution in [1.29, 1.82) is 0 Å². The van der Waals surface area contributed by atoms with Crippen molar-refractivity contribution in [3.63, 3.8) is 0 Å². The van der Waals surface area contributed by atoms with Gasteiger partial charge in [-0.3, -0.25) is 9.59 Å². The van der Waals surface area contributed by atoms with Crippen LogP contribution in [-0.2, 0) is 32.3 Å². The van der Waals surface area contributed by atoms with Gasteiger partial charge in [0.05, 0.1) is 13.2 Å². The fourth-order valence-corrected chi connectivity index (χ4v) is 3.20. The van der Waals surface area contributed by atoms with Crippen molar-refractivity contribution in [2.75, 3.05) is 13.2 Å². The molecule has 0 bridgehead atoms. The van der Waals surface area contributed by atoms with Crippen molar-refractivity contribution in [3.05, 3.63) is 95.1 Å². The Morgan fingerprint density at radius 2 is 0.917 bits per heavy atom.